The molecule has 0 bridgehead atoms. The molecule has 1 N–H and O–H groups in total. The van der Waals surface area contributed by atoms with E-state index in [2.05, 4.69) is 4.98 Å². The third-order valence-corrected chi connectivity index (χ3v) is 3.37. The molecular weight excluding hydrogens is 220 g/mol. The maximum absolute atomic E-state index is 11.2. The smallest absolute Gasteiger partial charge is 0.308 e. The topological polar surface area (TPSA) is 66.6 Å². The van der Waals surface area contributed by atoms with Crippen LogP contribution in [-0.2, 0) is 4.79 Å². The van der Waals surface area contributed by atoms with Gasteiger partial charge >= 0.3 is 5.97 Å². The van der Waals surface area contributed by atoms with Gasteiger partial charge in [-0.15, -0.1) is 0 Å². The quantitative estimate of drug-likeness (QED) is 0.873. The minimum atomic E-state index is -0.718. The molecule has 1 saturated heterocycles. The van der Waals surface area contributed by atoms with Crippen LogP contribution in [0.2, 0.25) is 0 Å². The Labute approximate surface area is 100 Å². The summed E-state index contributed by atoms with van der Waals surface area (Å²) < 4.78 is 5.51. The molecule has 1 aromatic heterocycles. The van der Waals surface area contributed by atoms with Gasteiger partial charge in [0.1, 0.15) is 5.76 Å². The lowest BCUT2D eigenvalue weighted by Crippen LogP contribution is -2.48. The fraction of sp³-hybridized carbons (Fsp3) is 0.667. The van der Waals surface area contributed by atoms with Crippen LogP contribution < -0.4 is 4.90 Å². The zero-order valence-electron chi connectivity index (χ0n) is 10.2. The molecule has 0 unspecified atom stereocenters. The van der Waals surface area contributed by atoms with E-state index >= 15 is 0 Å². The number of carboxylic acids is 1. The SMILES string of the molecule is CC[C@@H]1[C@@H](C(=O)O)CCCN1c1ncc(C)o1. The van der Waals surface area contributed by atoms with E-state index in [0.29, 0.717) is 6.01 Å². The van der Waals surface area contributed by atoms with Gasteiger partial charge in [0.25, 0.3) is 6.01 Å². The molecule has 0 saturated carbocycles. The normalized spacial score (nSPS) is 24.9. The molecule has 0 aliphatic carbocycles. The molecule has 17 heavy (non-hydrogen) atoms. The van der Waals surface area contributed by atoms with Crippen LogP contribution in [0.25, 0.3) is 0 Å². The molecule has 1 fully saturated rings. The Kier molecular flexibility index (Phi) is 3.36. The van der Waals surface area contributed by atoms with Crippen molar-refractivity contribution in [3.05, 3.63) is 12.0 Å². The monoisotopic (exact) mass is 238 g/mol. The number of carbonyl (C=O) groups is 1. The second-order valence-electron chi connectivity index (χ2n) is 4.51. The summed E-state index contributed by atoms with van der Waals surface area (Å²) in [5.74, 6) is -0.280. The van der Waals surface area contributed by atoms with Crippen LogP contribution >= 0.6 is 0 Å². The van der Waals surface area contributed by atoms with E-state index < -0.39 is 5.97 Å². The van der Waals surface area contributed by atoms with Gasteiger partial charge in [0.15, 0.2) is 0 Å². The van der Waals surface area contributed by atoms with E-state index in [1.165, 1.54) is 0 Å². The van der Waals surface area contributed by atoms with Crippen molar-refractivity contribution >= 4 is 12.0 Å². The number of anilines is 1. The summed E-state index contributed by atoms with van der Waals surface area (Å²) in [6.45, 7) is 4.67. The number of nitrogens with zero attached hydrogens (tertiary/aromatic N) is 2. The van der Waals surface area contributed by atoms with Gasteiger partial charge in [0, 0.05) is 12.6 Å². The largest absolute Gasteiger partial charge is 0.481 e. The first-order valence-corrected chi connectivity index (χ1v) is 6.05. The van der Waals surface area contributed by atoms with Gasteiger partial charge in [-0.25, -0.2) is 4.98 Å². The molecule has 0 amide bonds. The maximum Gasteiger partial charge on any atom is 0.308 e. The number of aromatic nitrogens is 1. The van der Waals surface area contributed by atoms with Crippen molar-refractivity contribution in [2.75, 3.05) is 11.4 Å². The molecule has 0 spiro atoms. The van der Waals surface area contributed by atoms with E-state index in [4.69, 9.17) is 4.42 Å². The fourth-order valence-electron chi connectivity index (χ4n) is 2.56. The zero-order valence-corrected chi connectivity index (χ0v) is 10.2. The summed E-state index contributed by atoms with van der Waals surface area (Å²) in [5, 5.41) is 9.23. The highest BCUT2D eigenvalue weighted by Crippen LogP contribution is 2.30. The third kappa shape index (κ3) is 2.28. The molecule has 0 radical (unpaired) electrons. The first kappa shape index (κ1) is 12.0. The number of oxazole rings is 1. The van der Waals surface area contributed by atoms with E-state index in [1.54, 1.807) is 6.20 Å². The average molecular weight is 238 g/mol. The molecule has 2 atom stereocenters. The van der Waals surface area contributed by atoms with Crippen LogP contribution in [0.5, 0.6) is 0 Å². The zero-order chi connectivity index (χ0) is 12.4. The Morgan fingerprint density at radius 3 is 3.00 bits per heavy atom. The molecule has 2 heterocycles. The predicted molar refractivity (Wildman–Crippen MR) is 63.0 cm³/mol. The summed E-state index contributed by atoms with van der Waals surface area (Å²) in [6, 6.07) is 0.541. The minimum absolute atomic E-state index is 0.0145. The highest BCUT2D eigenvalue weighted by molar-refractivity contribution is 5.72. The number of hydrogen-bond donors (Lipinski definition) is 1. The van der Waals surface area contributed by atoms with E-state index in [9.17, 15) is 9.90 Å². The first-order chi connectivity index (χ1) is 8.13. The van der Waals surface area contributed by atoms with Gasteiger partial charge in [-0.3, -0.25) is 4.79 Å². The number of hydrogen-bond acceptors (Lipinski definition) is 4. The van der Waals surface area contributed by atoms with Gasteiger partial charge in [-0.05, 0) is 26.2 Å². The van der Waals surface area contributed by atoms with Gasteiger partial charge in [0.05, 0.1) is 12.1 Å². The van der Waals surface area contributed by atoms with Crippen molar-refractivity contribution < 1.29 is 14.3 Å². The number of rotatable bonds is 3. The molecular formula is C12H18N2O3. The van der Waals surface area contributed by atoms with E-state index in [0.717, 1.165) is 31.6 Å². The Morgan fingerprint density at radius 1 is 1.71 bits per heavy atom. The van der Waals surface area contributed by atoms with E-state index in [1.807, 2.05) is 18.7 Å². The number of piperidine rings is 1. The molecule has 5 nitrogen and oxygen atoms in total. The van der Waals surface area contributed by atoms with Gasteiger partial charge in [-0.2, -0.15) is 0 Å². The molecule has 0 aromatic carbocycles. The highest BCUT2D eigenvalue weighted by atomic mass is 16.4. The van der Waals surface area contributed by atoms with Crippen LogP contribution in [0.4, 0.5) is 6.01 Å². The van der Waals surface area contributed by atoms with Crippen LogP contribution in [0.1, 0.15) is 31.9 Å². The summed E-state index contributed by atoms with van der Waals surface area (Å²) in [4.78, 5) is 17.4. The summed E-state index contributed by atoms with van der Waals surface area (Å²) in [7, 11) is 0. The summed E-state index contributed by atoms with van der Waals surface area (Å²) in [5.41, 5.74) is 0. The number of carboxylic acid groups (broad SMARTS) is 1. The van der Waals surface area contributed by atoms with E-state index in [-0.39, 0.29) is 12.0 Å². The maximum atomic E-state index is 11.2. The Hall–Kier alpha value is -1.52. The Morgan fingerprint density at radius 2 is 2.47 bits per heavy atom. The van der Waals surface area contributed by atoms with Gasteiger partial charge in [-0.1, -0.05) is 6.92 Å². The van der Waals surface area contributed by atoms with Crippen LogP contribution in [0, 0.1) is 12.8 Å². The second kappa shape index (κ2) is 4.77. The fourth-order valence-corrected chi connectivity index (χ4v) is 2.56. The molecule has 1 aromatic rings. The van der Waals surface area contributed by atoms with Crippen LogP contribution in [-0.4, -0.2) is 28.6 Å². The summed E-state index contributed by atoms with van der Waals surface area (Å²) >= 11 is 0. The standard InChI is InChI=1S/C12H18N2O3/c1-3-10-9(11(15)16)5-4-6-14(10)12-13-7-8(2)17-12/h7,9-10H,3-6H2,1-2H3,(H,15,16)/t9-,10+/m0/s1. The van der Waals surface area contributed by atoms with Crippen molar-refractivity contribution in [3.63, 3.8) is 0 Å². The number of aliphatic carboxylic acids is 1. The lowest BCUT2D eigenvalue weighted by Gasteiger charge is -2.38. The van der Waals surface area contributed by atoms with Crippen molar-refractivity contribution in [3.8, 4) is 0 Å². The van der Waals surface area contributed by atoms with Crippen molar-refractivity contribution in [2.45, 2.75) is 39.2 Å². The molecule has 2 rings (SSSR count). The van der Waals surface area contributed by atoms with Crippen molar-refractivity contribution in [2.24, 2.45) is 5.92 Å². The average Bonchev–Trinajstić information content (AvgIpc) is 2.74. The van der Waals surface area contributed by atoms with Gasteiger partial charge < -0.3 is 14.4 Å². The minimum Gasteiger partial charge on any atom is -0.481 e. The molecule has 1 aliphatic heterocycles. The Balaban J connectivity index is 2.23. The molecule has 94 valence electrons. The molecule has 5 heteroatoms. The number of aryl methyl sites for hydroxylation is 1. The van der Waals surface area contributed by atoms with Crippen LogP contribution in [0.3, 0.4) is 0 Å². The van der Waals surface area contributed by atoms with Crippen LogP contribution in [0.15, 0.2) is 10.6 Å². The van der Waals surface area contributed by atoms with Gasteiger partial charge in [0.2, 0.25) is 0 Å². The Bertz CT molecular complexity index is 402. The second-order valence-corrected chi connectivity index (χ2v) is 4.51. The summed E-state index contributed by atoms with van der Waals surface area (Å²) in [6.07, 6.45) is 4.07. The lowest BCUT2D eigenvalue weighted by atomic mass is 9.88. The third-order valence-electron chi connectivity index (χ3n) is 3.37. The first-order valence-electron chi connectivity index (χ1n) is 6.05. The lowest BCUT2D eigenvalue weighted by molar-refractivity contribution is -0.143. The molecule has 1 aliphatic rings. The predicted octanol–water partition coefficient (Wildman–Crippen LogP) is 2.06. The van der Waals surface area contributed by atoms with Crippen molar-refractivity contribution in [1.82, 2.24) is 4.98 Å². The van der Waals surface area contributed by atoms with Crippen molar-refractivity contribution in [1.29, 1.82) is 0 Å². The highest BCUT2D eigenvalue weighted by Gasteiger charge is 2.36.